The van der Waals surface area contributed by atoms with E-state index in [1.54, 1.807) is 6.07 Å². The first-order valence-electron chi connectivity index (χ1n) is 15.1. The van der Waals surface area contributed by atoms with Gasteiger partial charge >= 0.3 is 0 Å². The maximum Gasteiger partial charge on any atom is 0.277 e. The van der Waals surface area contributed by atoms with E-state index in [9.17, 15) is 14.4 Å². The van der Waals surface area contributed by atoms with Crippen LogP contribution in [0.15, 0.2) is 47.2 Å². The zero-order valence-corrected chi connectivity index (χ0v) is 24.2. The Morgan fingerprint density at radius 3 is 2.57 bits per heavy atom. The number of aromatic nitrogens is 2. The van der Waals surface area contributed by atoms with Crippen LogP contribution in [-0.2, 0) is 4.79 Å². The van der Waals surface area contributed by atoms with Gasteiger partial charge in [0, 0.05) is 81.2 Å². The van der Waals surface area contributed by atoms with E-state index < -0.39 is 0 Å². The highest BCUT2D eigenvalue weighted by Gasteiger charge is 2.30. The molecule has 1 aliphatic carbocycles. The molecule has 1 N–H and O–H groups in total. The minimum Gasteiger partial charge on any atom is -0.448 e. The monoisotopic (exact) mass is 570 g/mol. The van der Waals surface area contributed by atoms with Gasteiger partial charge in [0.15, 0.2) is 17.4 Å². The highest BCUT2D eigenvalue weighted by atomic mass is 16.3. The van der Waals surface area contributed by atoms with Gasteiger partial charge in [0.1, 0.15) is 6.26 Å². The number of nitrogens with zero attached hydrogens (tertiary/aromatic N) is 5. The van der Waals surface area contributed by atoms with E-state index in [-0.39, 0.29) is 23.3 Å². The lowest BCUT2D eigenvalue weighted by Gasteiger charge is -2.38. The number of hydrogen-bond acceptors (Lipinski definition) is 8. The molecule has 6 rings (SSSR count). The number of rotatable bonds is 11. The number of carbonyl (C=O) groups excluding carboxylic acids is 3. The van der Waals surface area contributed by atoms with Crippen molar-refractivity contribution in [3.63, 3.8) is 0 Å². The lowest BCUT2D eigenvalue weighted by Crippen LogP contribution is -2.46. The number of unbranched alkanes of at least 4 members (excludes halogenated alkanes) is 1. The second kappa shape index (κ2) is 12.3. The van der Waals surface area contributed by atoms with E-state index in [1.807, 2.05) is 36.2 Å². The van der Waals surface area contributed by atoms with E-state index in [2.05, 4.69) is 31.2 Å². The fraction of sp³-hybridized carbons (Fsp3) is 0.469. The van der Waals surface area contributed by atoms with Gasteiger partial charge in [-0.05, 0) is 69.4 Å². The maximum atomic E-state index is 13.2. The number of ketones is 1. The zero-order valence-electron chi connectivity index (χ0n) is 24.2. The third kappa shape index (κ3) is 6.48. The Morgan fingerprint density at radius 1 is 1.02 bits per heavy atom. The summed E-state index contributed by atoms with van der Waals surface area (Å²) in [6, 6.07) is 9.72. The molecule has 2 amide bonds. The normalized spacial score (nSPS) is 17.2. The number of nitrogens with one attached hydrogen (secondary N) is 1. The summed E-state index contributed by atoms with van der Waals surface area (Å²) >= 11 is 0. The predicted molar refractivity (Wildman–Crippen MR) is 160 cm³/mol. The molecule has 0 radical (unpaired) electrons. The summed E-state index contributed by atoms with van der Waals surface area (Å²) in [5.41, 5.74) is 4.43. The topological polar surface area (TPSA) is 112 Å². The van der Waals surface area contributed by atoms with Crippen LogP contribution >= 0.6 is 0 Å². The fourth-order valence-electron chi connectivity index (χ4n) is 5.79. The Kier molecular flexibility index (Phi) is 8.21. The summed E-state index contributed by atoms with van der Waals surface area (Å²) in [7, 11) is 0. The molecule has 3 aliphatic rings. The maximum absolute atomic E-state index is 13.2. The Labute approximate surface area is 246 Å². The number of likely N-dealkylation sites (tertiary alicyclic amines) is 1. The first-order valence-corrected chi connectivity index (χ1v) is 15.1. The molecule has 4 heterocycles. The molecule has 2 aromatic heterocycles. The van der Waals surface area contributed by atoms with E-state index in [0.29, 0.717) is 48.9 Å². The summed E-state index contributed by atoms with van der Waals surface area (Å²) < 4.78 is 5.55. The summed E-state index contributed by atoms with van der Waals surface area (Å²) in [6.45, 7) is 6.70. The van der Waals surface area contributed by atoms with Gasteiger partial charge in [0.2, 0.25) is 5.91 Å². The van der Waals surface area contributed by atoms with Crippen LogP contribution in [0.5, 0.6) is 0 Å². The van der Waals surface area contributed by atoms with Gasteiger partial charge in [-0.3, -0.25) is 19.4 Å². The van der Waals surface area contributed by atoms with Crippen molar-refractivity contribution in [1.29, 1.82) is 0 Å². The van der Waals surface area contributed by atoms with Crippen LogP contribution < -0.4 is 15.1 Å². The Hall–Kier alpha value is -4.21. The molecule has 0 bridgehead atoms. The lowest BCUT2D eigenvalue weighted by atomic mass is 10.0. The van der Waals surface area contributed by atoms with Crippen molar-refractivity contribution in [3.8, 4) is 0 Å². The molecule has 0 atom stereocenters. The van der Waals surface area contributed by atoms with Gasteiger partial charge < -0.3 is 24.4 Å². The second-order valence-electron chi connectivity index (χ2n) is 11.5. The van der Waals surface area contributed by atoms with E-state index >= 15 is 0 Å². The van der Waals surface area contributed by atoms with Crippen LogP contribution in [0.25, 0.3) is 0 Å². The number of carbonyl (C=O) groups is 3. The molecule has 220 valence electrons. The summed E-state index contributed by atoms with van der Waals surface area (Å²) in [4.78, 5) is 53.5. The molecule has 0 spiro atoms. The highest BCUT2D eigenvalue weighted by molar-refractivity contribution is 6.06. The number of oxazole rings is 1. The summed E-state index contributed by atoms with van der Waals surface area (Å²) in [5.74, 6) is 0.817. The Balaban J connectivity index is 1.15. The largest absolute Gasteiger partial charge is 0.448 e. The SMILES string of the molecule is Cc1cc(N2CCN(c3ccc(C(=O)CCCCN4CCCC4=O)cc3NC(=O)c3coc(C4CC4)n3)CC2)ccn1. The predicted octanol–water partition coefficient (Wildman–Crippen LogP) is 4.81. The van der Waals surface area contributed by atoms with E-state index in [4.69, 9.17) is 4.42 Å². The van der Waals surface area contributed by atoms with Crippen LogP contribution in [-0.4, -0.2) is 71.7 Å². The highest BCUT2D eigenvalue weighted by Crippen LogP contribution is 2.39. The van der Waals surface area contributed by atoms with Crippen molar-refractivity contribution in [3.05, 3.63) is 65.6 Å². The van der Waals surface area contributed by atoms with Gasteiger partial charge in [0.25, 0.3) is 5.91 Å². The third-order valence-corrected chi connectivity index (χ3v) is 8.37. The van der Waals surface area contributed by atoms with Gasteiger partial charge in [-0.1, -0.05) is 0 Å². The quantitative estimate of drug-likeness (QED) is 0.258. The molecule has 0 unspecified atom stereocenters. The number of anilines is 3. The standard InChI is InChI=1S/C32H38N6O4/c1-22-19-25(11-12-33-22)36-15-17-37(18-16-36)28-10-9-24(29(39)5-2-3-13-38-14-4-6-30(38)40)20-26(28)34-31(41)27-21-42-32(35-27)23-7-8-23/h9-12,19-21,23H,2-8,13-18H2,1H3,(H,34,41). The molecular formula is C32H38N6O4. The molecule has 3 aromatic rings. The lowest BCUT2D eigenvalue weighted by molar-refractivity contribution is -0.127. The minimum atomic E-state index is -0.349. The van der Waals surface area contributed by atoms with Gasteiger partial charge in [0.05, 0.1) is 11.4 Å². The third-order valence-electron chi connectivity index (χ3n) is 8.37. The van der Waals surface area contributed by atoms with Crippen molar-refractivity contribution in [2.75, 3.05) is 54.4 Å². The molecule has 1 aromatic carbocycles. The molecule has 1 saturated carbocycles. The number of Topliss-reactive ketones (excluding diaryl/α,β-unsaturated/α-hetero) is 1. The van der Waals surface area contributed by atoms with Crippen LogP contribution in [0.1, 0.15) is 83.3 Å². The van der Waals surface area contributed by atoms with Gasteiger partial charge in [-0.15, -0.1) is 0 Å². The first-order chi connectivity index (χ1) is 20.4. The number of pyridine rings is 1. The fourth-order valence-corrected chi connectivity index (χ4v) is 5.79. The van der Waals surface area contributed by atoms with Crippen molar-refractivity contribution in [2.24, 2.45) is 0 Å². The van der Waals surface area contributed by atoms with E-state index in [0.717, 1.165) is 75.5 Å². The molecule has 10 nitrogen and oxygen atoms in total. The number of piperazine rings is 1. The van der Waals surface area contributed by atoms with Crippen LogP contribution in [0.2, 0.25) is 0 Å². The summed E-state index contributed by atoms with van der Waals surface area (Å²) in [6.07, 6.45) is 8.80. The Morgan fingerprint density at radius 2 is 1.83 bits per heavy atom. The number of aryl methyl sites for hydroxylation is 1. The smallest absolute Gasteiger partial charge is 0.277 e. The van der Waals surface area contributed by atoms with E-state index in [1.165, 1.54) is 6.26 Å². The van der Waals surface area contributed by atoms with Crippen LogP contribution in [0, 0.1) is 6.92 Å². The average molecular weight is 571 g/mol. The number of amides is 2. The Bertz CT molecular complexity index is 1460. The second-order valence-corrected chi connectivity index (χ2v) is 11.5. The molecule has 10 heteroatoms. The number of benzene rings is 1. The molecule has 3 fully saturated rings. The molecule has 42 heavy (non-hydrogen) atoms. The molecule has 2 aliphatic heterocycles. The van der Waals surface area contributed by atoms with Gasteiger partial charge in [-0.2, -0.15) is 0 Å². The van der Waals surface area contributed by atoms with Crippen molar-refractivity contribution in [1.82, 2.24) is 14.9 Å². The van der Waals surface area contributed by atoms with Crippen LogP contribution in [0.4, 0.5) is 17.1 Å². The number of hydrogen-bond donors (Lipinski definition) is 1. The van der Waals surface area contributed by atoms with Crippen molar-refractivity contribution < 1.29 is 18.8 Å². The summed E-state index contributed by atoms with van der Waals surface area (Å²) in [5, 5.41) is 3.03. The minimum absolute atomic E-state index is 0.0279. The average Bonchev–Trinajstić information content (AvgIpc) is 3.58. The molecule has 2 saturated heterocycles. The van der Waals surface area contributed by atoms with Crippen molar-refractivity contribution >= 4 is 34.7 Å². The van der Waals surface area contributed by atoms with Gasteiger partial charge in [-0.25, -0.2) is 4.98 Å². The first kappa shape index (κ1) is 27.9. The van der Waals surface area contributed by atoms with Crippen molar-refractivity contribution in [2.45, 2.75) is 57.8 Å². The zero-order chi connectivity index (χ0) is 29.1. The van der Waals surface area contributed by atoms with Crippen LogP contribution in [0.3, 0.4) is 0 Å². The molecular weight excluding hydrogens is 532 g/mol.